The van der Waals surface area contributed by atoms with Crippen LogP contribution in [-0.4, -0.2) is 24.1 Å². The van der Waals surface area contributed by atoms with E-state index in [1.165, 1.54) is 205 Å². The van der Waals surface area contributed by atoms with E-state index in [0.717, 1.165) is 38.6 Å². The van der Waals surface area contributed by atoms with Crippen molar-refractivity contribution in [3.8, 4) is 101 Å². The Hall–Kier alpha value is -15.0. The van der Waals surface area contributed by atoms with Crippen molar-refractivity contribution in [2.24, 2.45) is 0 Å². The third kappa shape index (κ3) is 12.5. The number of hydrogen-bond donors (Lipinski definition) is 0. The third-order valence-corrected chi connectivity index (χ3v) is 36.3. The summed E-state index contributed by atoms with van der Waals surface area (Å²) in [5.41, 5.74) is 33.8. The van der Waals surface area contributed by atoms with Crippen LogP contribution in [0.25, 0.3) is 227 Å². The Balaban J connectivity index is 0.000000107. The fraction of sp³-hybridized carbons (Fsp3) is 0.140. The van der Waals surface area contributed by atoms with Crippen molar-refractivity contribution in [2.75, 3.05) is 0 Å². The fourth-order valence-electron chi connectivity index (χ4n) is 23.4. The molecule has 3 aliphatic rings. The van der Waals surface area contributed by atoms with Crippen LogP contribution in [0.3, 0.4) is 0 Å². The number of aromatic nitrogens is 5. The molecule has 25 aromatic rings. The predicted molar refractivity (Wildman–Crippen MR) is 589 cm³/mol. The Morgan fingerprint density at radius 2 is 0.594 bits per heavy atom. The normalized spacial score (nSPS) is 15.0. The van der Waals surface area contributed by atoms with E-state index >= 15 is 0 Å². The summed E-state index contributed by atoms with van der Waals surface area (Å²) in [5.74, 6) is 1.91. The molecule has 664 valence electrons. The summed E-state index contributed by atoms with van der Waals surface area (Å²) in [5, 5.41) is 15.2. The summed E-state index contributed by atoms with van der Waals surface area (Å²) in [6.07, 6.45) is 0. The predicted octanol–water partition coefficient (Wildman–Crippen LogP) is 36.5. The minimum absolute atomic E-state index is 0.000608. The number of nitrogens with zero attached hydrogens (tertiary/aromatic N) is 5. The average Bonchev–Trinajstić information content (AvgIpc) is 1.21. The smallest absolute Gasteiger partial charge is 0.164 e. The number of fused-ring (bicyclic) bond motifs is 28. The molecule has 9 heteroatoms. The van der Waals surface area contributed by atoms with Gasteiger partial charge in [0.25, 0.3) is 0 Å². The first-order valence-corrected chi connectivity index (χ1v) is 50.6. The molecule has 0 aliphatic heterocycles. The lowest BCUT2D eigenvalue weighted by Gasteiger charge is -2.48. The number of para-hydroxylation sites is 5. The van der Waals surface area contributed by atoms with Crippen LogP contribution in [0.15, 0.2) is 387 Å². The zero-order valence-electron chi connectivity index (χ0n) is 79.2. The van der Waals surface area contributed by atoms with Crippen LogP contribution < -0.4 is 0 Å². The van der Waals surface area contributed by atoms with Gasteiger partial charge in [-0.2, -0.15) is 0 Å². The highest BCUT2D eigenvalue weighted by Gasteiger charge is 2.49. The van der Waals surface area contributed by atoms with Gasteiger partial charge < -0.3 is 13.6 Å². The van der Waals surface area contributed by atoms with Crippen molar-refractivity contribution in [2.45, 2.75) is 116 Å². The van der Waals surface area contributed by atoms with Gasteiger partial charge in [0.05, 0.1) is 22.1 Å². The lowest BCUT2D eigenvalue weighted by Crippen LogP contribution is -2.43. The average molecular weight is 1830 g/mol. The molecule has 0 saturated heterocycles. The summed E-state index contributed by atoms with van der Waals surface area (Å²) >= 11 is 5.70. The standard InChI is InChI=1S/C45H33N3OS.2C42H33NS/c1-44(2)33-18-10-8-15-30(33)39-34(45(44,3)4)24-23-29-28-22-21-27(25-37(28)50-40(29)39)42-46-41(26-13-6-5-7-14-26)47-43(48-42)32-17-12-20-36-38(32)31-16-9-11-19-35(31)49-36;1-41(2)35-14-8-5-11-29(35)32-25-40-34(24-36(32)42(41,3)4)33-23-27(19-22-39(33)44-40)26-17-20-28(21-18-26)43-37-15-9-6-12-30(37)31-13-7-10-16-38(31)43;1-41(2)35-14-8-5-11-29(35)32-24-34-33-23-27(19-22-39(33)44-40(34)25-36(32)42(41,3)4)26-17-20-28(21-18-26)43-37-15-9-6-12-30(37)31-13-7-10-16-38(31)43/h5-25H,1-4H3;2*5-25H,1-4H3. The molecule has 7 aromatic heterocycles. The topological polar surface area (TPSA) is 61.7 Å². The van der Waals surface area contributed by atoms with Crippen molar-refractivity contribution in [1.82, 2.24) is 24.1 Å². The second-order valence-corrected chi connectivity index (χ2v) is 44.5. The summed E-state index contributed by atoms with van der Waals surface area (Å²) in [6.45, 7) is 28.9. The Labute approximate surface area is 814 Å². The Bertz CT molecular complexity index is 9290. The lowest BCUT2D eigenvalue weighted by molar-refractivity contribution is 0.299. The molecule has 7 heterocycles. The van der Waals surface area contributed by atoms with E-state index in [9.17, 15) is 0 Å². The molecule has 0 spiro atoms. The number of rotatable bonds is 7. The Kier molecular flexibility index (Phi) is 18.6. The third-order valence-electron chi connectivity index (χ3n) is 32.9. The maximum Gasteiger partial charge on any atom is 0.164 e. The van der Waals surface area contributed by atoms with Gasteiger partial charge >= 0.3 is 0 Å². The molecule has 0 bridgehead atoms. The lowest BCUT2D eigenvalue weighted by atomic mass is 9.55. The molecular weight excluding hydrogens is 1730 g/mol. The molecule has 0 atom stereocenters. The molecule has 3 aliphatic carbocycles. The molecule has 6 nitrogen and oxygen atoms in total. The van der Waals surface area contributed by atoms with Crippen molar-refractivity contribution in [3.63, 3.8) is 0 Å². The van der Waals surface area contributed by atoms with Crippen LogP contribution in [0.1, 0.15) is 116 Å². The monoisotopic (exact) mass is 1830 g/mol. The van der Waals surface area contributed by atoms with E-state index in [2.05, 4.69) is 426 Å². The zero-order chi connectivity index (χ0) is 93.4. The van der Waals surface area contributed by atoms with Gasteiger partial charge in [-0.3, -0.25) is 0 Å². The van der Waals surface area contributed by atoms with Gasteiger partial charge in [-0.15, -0.1) is 34.0 Å². The van der Waals surface area contributed by atoms with Crippen molar-refractivity contribution < 1.29 is 4.42 Å². The maximum absolute atomic E-state index is 6.24. The Morgan fingerprint density at radius 3 is 1.14 bits per heavy atom. The molecule has 0 unspecified atom stereocenters. The second kappa shape index (κ2) is 30.8. The molecule has 28 rings (SSSR count). The van der Waals surface area contributed by atoms with Crippen LogP contribution >= 0.6 is 34.0 Å². The quantitative estimate of drug-likeness (QED) is 0.160. The Morgan fingerprint density at radius 1 is 0.210 bits per heavy atom. The van der Waals surface area contributed by atoms with Crippen LogP contribution in [0.4, 0.5) is 0 Å². The van der Waals surface area contributed by atoms with Gasteiger partial charge in [-0.25, -0.2) is 15.0 Å². The van der Waals surface area contributed by atoms with Gasteiger partial charge in [0, 0.05) is 126 Å². The second-order valence-electron chi connectivity index (χ2n) is 41.3. The van der Waals surface area contributed by atoms with Crippen LogP contribution in [0.2, 0.25) is 0 Å². The molecule has 0 fully saturated rings. The van der Waals surface area contributed by atoms with Gasteiger partial charge in [-0.1, -0.05) is 350 Å². The highest BCUT2D eigenvalue weighted by atomic mass is 32.1. The molecular formula is C129H99N5OS3. The number of benzene rings is 18. The van der Waals surface area contributed by atoms with E-state index in [1.807, 2.05) is 82.5 Å². The fourth-order valence-corrected chi connectivity index (χ4v) is 26.9. The molecule has 138 heavy (non-hydrogen) atoms. The van der Waals surface area contributed by atoms with E-state index in [4.69, 9.17) is 19.4 Å². The van der Waals surface area contributed by atoms with E-state index in [0.29, 0.717) is 17.5 Å². The summed E-state index contributed by atoms with van der Waals surface area (Å²) < 4.78 is 19.0. The molecule has 18 aromatic carbocycles. The van der Waals surface area contributed by atoms with E-state index in [1.54, 1.807) is 0 Å². The molecule has 0 N–H and O–H groups in total. The number of furan rings is 1. The minimum Gasteiger partial charge on any atom is -0.456 e. The maximum atomic E-state index is 6.24. The van der Waals surface area contributed by atoms with E-state index in [-0.39, 0.29) is 32.5 Å². The highest BCUT2D eigenvalue weighted by Crippen LogP contribution is 2.61. The van der Waals surface area contributed by atoms with Gasteiger partial charge in [-0.05, 0) is 231 Å². The van der Waals surface area contributed by atoms with Crippen LogP contribution in [0.5, 0.6) is 0 Å². The first-order chi connectivity index (χ1) is 66.9. The van der Waals surface area contributed by atoms with Crippen LogP contribution in [0, 0.1) is 0 Å². The van der Waals surface area contributed by atoms with Crippen molar-refractivity contribution >= 4 is 160 Å². The molecule has 0 radical (unpaired) electrons. The largest absolute Gasteiger partial charge is 0.456 e. The summed E-state index contributed by atoms with van der Waals surface area (Å²) in [6, 6.07) is 140. The van der Waals surface area contributed by atoms with Crippen molar-refractivity contribution in [3.05, 3.63) is 416 Å². The van der Waals surface area contributed by atoms with Crippen LogP contribution in [-0.2, 0) is 32.5 Å². The molecule has 0 saturated carbocycles. The minimum atomic E-state index is -0.0372. The molecule has 0 amide bonds. The number of hydrogen-bond acceptors (Lipinski definition) is 7. The van der Waals surface area contributed by atoms with Gasteiger partial charge in [0.2, 0.25) is 0 Å². The first-order valence-electron chi connectivity index (χ1n) is 48.2. The zero-order valence-corrected chi connectivity index (χ0v) is 81.7. The van der Waals surface area contributed by atoms with Crippen molar-refractivity contribution in [1.29, 1.82) is 0 Å². The van der Waals surface area contributed by atoms with Gasteiger partial charge in [0.1, 0.15) is 11.2 Å². The summed E-state index contributed by atoms with van der Waals surface area (Å²) in [4.78, 5) is 15.3. The summed E-state index contributed by atoms with van der Waals surface area (Å²) in [7, 11) is 0. The first kappa shape index (κ1) is 83.6. The number of thiophene rings is 3. The highest BCUT2D eigenvalue weighted by molar-refractivity contribution is 7.27. The van der Waals surface area contributed by atoms with E-state index < -0.39 is 0 Å². The SMILES string of the molecule is CC1(C)c2ccccc2-c2c(ccc3c2sc2cc(-c4nc(-c5ccccc5)nc(-c5cccc6oc7ccccc7c56)n4)ccc23)C1(C)C.CC1(C)c2ccccc2-c2cc3c(cc2C1(C)C)sc1ccc(-c2ccc(-n4c5ccccc5c5ccccc54)cc2)cc13.CC1(C)c2ccccc2-c2cc3sc4ccc(-c5ccc(-n6c7ccccc7c7ccccc76)cc5)cc4c3cc2C1(C)C. The van der Waals surface area contributed by atoms with Gasteiger partial charge in [0.15, 0.2) is 17.5 Å².